The lowest BCUT2D eigenvalue weighted by Gasteiger charge is -2.08. The van der Waals surface area contributed by atoms with Crippen LogP contribution in [0.3, 0.4) is 0 Å². The molecule has 0 fully saturated rings. The van der Waals surface area contributed by atoms with E-state index in [9.17, 15) is 0 Å². The highest BCUT2D eigenvalue weighted by atomic mass is 79.9. The van der Waals surface area contributed by atoms with Crippen molar-refractivity contribution in [2.45, 2.75) is 13.0 Å². The summed E-state index contributed by atoms with van der Waals surface area (Å²) in [6, 6.07) is 3.31. The van der Waals surface area contributed by atoms with E-state index in [0.717, 1.165) is 15.9 Å². The SMILES string of the molecule is Cc1nc([C@@H](N)CO)ccc1Br. The molecule has 66 valence electrons. The van der Waals surface area contributed by atoms with Crippen LogP contribution in [0.5, 0.6) is 0 Å². The van der Waals surface area contributed by atoms with Gasteiger partial charge in [0.15, 0.2) is 0 Å². The summed E-state index contributed by atoms with van der Waals surface area (Å²) in [6.07, 6.45) is 0. The van der Waals surface area contributed by atoms with Gasteiger partial charge in [-0.1, -0.05) is 0 Å². The van der Waals surface area contributed by atoms with Gasteiger partial charge in [-0.05, 0) is 35.0 Å². The van der Waals surface area contributed by atoms with E-state index >= 15 is 0 Å². The maximum Gasteiger partial charge on any atom is 0.0705 e. The van der Waals surface area contributed by atoms with Gasteiger partial charge in [0.1, 0.15) is 0 Å². The Morgan fingerprint density at radius 3 is 2.83 bits per heavy atom. The highest BCUT2D eigenvalue weighted by molar-refractivity contribution is 9.10. The molecule has 0 saturated carbocycles. The summed E-state index contributed by atoms with van der Waals surface area (Å²) >= 11 is 3.33. The van der Waals surface area contributed by atoms with E-state index in [1.165, 1.54) is 0 Å². The highest BCUT2D eigenvalue weighted by Gasteiger charge is 2.06. The van der Waals surface area contributed by atoms with Gasteiger partial charge in [0.25, 0.3) is 0 Å². The van der Waals surface area contributed by atoms with E-state index < -0.39 is 0 Å². The molecule has 1 heterocycles. The van der Waals surface area contributed by atoms with Crippen molar-refractivity contribution >= 4 is 15.9 Å². The predicted octanol–water partition coefficient (Wildman–Crippen LogP) is 1.14. The molecule has 0 spiro atoms. The van der Waals surface area contributed by atoms with Gasteiger partial charge in [-0.15, -0.1) is 0 Å². The minimum atomic E-state index is -0.378. The summed E-state index contributed by atoms with van der Waals surface area (Å²) in [4.78, 5) is 4.21. The van der Waals surface area contributed by atoms with Gasteiger partial charge in [-0.25, -0.2) is 0 Å². The number of halogens is 1. The number of aliphatic hydroxyl groups excluding tert-OH is 1. The fourth-order valence-corrected chi connectivity index (χ4v) is 1.08. The third-order valence-electron chi connectivity index (χ3n) is 1.62. The summed E-state index contributed by atoms with van der Waals surface area (Å²) in [5.74, 6) is 0. The molecule has 4 heteroatoms. The van der Waals surface area contributed by atoms with Crippen molar-refractivity contribution in [2.75, 3.05) is 6.61 Å². The van der Waals surface area contributed by atoms with Crippen LogP contribution in [0.25, 0.3) is 0 Å². The van der Waals surface area contributed by atoms with Gasteiger partial charge in [-0.3, -0.25) is 4.98 Å². The van der Waals surface area contributed by atoms with Crippen molar-refractivity contribution in [1.82, 2.24) is 4.98 Å². The molecule has 0 aliphatic heterocycles. The normalized spacial score (nSPS) is 13.0. The van der Waals surface area contributed by atoms with Gasteiger partial charge in [-0.2, -0.15) is 0 Å². The number of nitrogens with two attached hydrogens (primary N) is 1. The summed E-state index contributed by atoms with van der Waals surface area (Å²) in [5, 5.41) is 8.77. The van der Waals surface area contributed by atoms with Gasteiger partial charge in [0.05, 0.1) is 24.0 Å². The Morgan fingerprint density at radius 2 is 2.33 bits per heavy atom. The fraction of sp³-hybridized carbons (Fsp3) is 0.375. The molecule has 0 bridgehead atoms. The Hall–Kier alpha value is -0.450. The molecule has 0 aliphatic carbocycles. The first-order chi connectivity index (χ1) is 5.65. The van der Waals surface area contributed by atoms with Crippen molar-refractivity contribution in [3.05, 3.63) is 28.0 Å². The van der Waals surface area contributed by atoms with Crippen LogP contribution in [0.2, 0.25) is 0 Å². The molecule has 12 heavy (non-hydrogen) atoms. The van der Waals surface area contributed by atoms with Gasteiger partial charge < -0.3 is 10.8 Å². The topological polar surface area (TPSA) is 59.1 Å². The number of hydrogen-bond acceptors (Lipinski definition) is 3. The van der Waals surface area contributed by atoms with Crippen molar-refractivity contribution in [3.63, 3.8) is 0 Å². The maximum absolute atomic E-state index is 8.77. The van der Waals surface area contributed by atoms with Crippen LogP contribution >= 0.6 is 15.9 Å². The number of pyridine rings is 1. The second kappa shape index (κ2) is 3.98. The lowest BCUT2D eigenvalue weighted by atomic mass is 10.2. The second-order valence-corrected chi connectivity index (χ2v) is 3.45. The maximum atomic E-state index is 8.77. The zero-order valence-electron chi connectivity index (χ0n) is 6.79. The summed E-state index contributed by atoms with van der Waals surface area (Å²) in [6.45, 7) is 1.81. The molecule has 1 aromatic heterocycles. The van der Waals surface area contributed by atoms with E-state index in [2.05, 4.69) is 20.9 Å². The lowest BCUT2D eigenvalue weighted by Crippen LogP contribution is -2.16. The number of aryl methyl sites for hydroxylation is 1. The fourth-order valence-electron chi connectivity index (χ4n) is 0.864. The Labute approximate surface area is 79.7 Å². The largest absolute Gasteiger partial charge is 0.394 e. The number of aromatic nitrogens is 1. The van der Waals surface area contributed by atoms with Crippen molar-refractivity contribution in [1.29, 1.82) is 0 Å². The van der Waals surface area contributed by atoms with Crippen LogP contribution in [-0.2, 0) is 0 Å². The molecule has 0 saturated heterocycles. The Bertz CT molecular complexity index is 278. The molecular formula is C8H11BrN2O. The molecule has 1 rings (SSSR count). The molecule has 0 aromatic carbocycles. The quantitative estimate of drug-likeness (QED) is 0.802. The molecule has 1 atom stereocenters. The first-order valence-electron chi connectivity index (χ1n) is 3.64. The number of rotatable bonds is 2. The van der Waals surface area contributed by atoms with Crippen molar-refractivity contribution in [3.8, 4) is 0 Å². The minimum absolute atomic E-state index is 0.0753. The number of aliphatic hydroxyl groups is 1. The predicted molar refractivity (Wildman–Crippen MR) is 50.7 cm³/mol. The summed E-state index contributed by atoms with van der Waals surface area (Å²) in [7, 11) is 0. The summed E-state index contributed by atoms with van der Waals surface area (Å²) < 4.78 is 0.955. The van der Waals surface area contributed by atoms with Crippen LogP contribution in [-0.4, -0.2) is 16.7 Å². The van der Waals surface area contributed by atoms with Crippen LogP contribution < -0.4 is 5.73 Å². The van der Waals surface area contributed by atoms with Crippen LogP contribution in [0.4, 0.5) is 0 Å². The average Bonchev–Trinajstić information content (AvgIpc) is 2.08. The van der Waals surface area contributed by atoms with Crippen molar-refractivity contribution in [2.24, 2.45) is 5.73 Å². The molecule has 3 N–H and O–H groups in total. The third-order valence-corrected chi connectivity index (χ3v) is 2.46. The molecule has 0 amide bonds. The van der Waals surface area contributed by atoms with E-state index in [1.807, 2.05) is 13.0 Å². The summed E-state index contributed by atoms with van der Waals surface area (Å²) in [5.41, 5.74) is 7.19. The first kappa shape index (κ1) is 9.64. The Morgan fingerprint density at radius 1 is 1.67 bits per heavy atom. The molecular weight excluding hydrogens is 220 g/mol. The first-order valence-corrected chi connectivity index (χ1v) is 4.44. The zero-order valence-corrected chi connectivity index (χ0v) is 8.37. The smallest absolute Gasteiger partial charge is 0.0705 e. The highest BCUT2D eigenvalue weighted by Crippen LogP contribution is 2.16. The van der Waals surface area contributed by atoms with Crippen LogP contribution in [0.1, 0.15) is 17.4 Å². The minimum Gasteiger partial charge on any atom is -0.394 e. The second-order valence-electron chi connectivity index (χ2n) is 2.59. The van der Waals surface area contributed by atoms with E-state index in [1.54, 1.807) is 6.07 Å². The Balaban J connectivity index is 2.96. The molecule has 0 radical (unpaired) electrons. The van der Waals surface area contributed by atoms with Gasteiger partial charge in [0, 0.05) is 4.47 Å². The lowest BCUT2D eigenvalue weighted by molar-refractivity contribution is 0.266. The molecule has 1 aromatic rings. The molecule has 3 nitrogen and oxygen atoms in total. The third kappa shape index (κ3) is 2.03. The average molecular weight is 231 g/mol. The Kier molecular flexibility index (Phi) is 3.20. The van der Waals surface area contributed by atoms with Crippen LogP contribution in [0.15, 0.2) is 16.6 Å². The molecule has 0 aliphatic rings. The van der Waals surface area contributed by atoms with Crippen molar-refractivity contribution < 1.29 is 5.11 Å². The van der Waals surface area contributed by atoms with E-state index in [4.69, 9.17) is 10.8 Å². The monoisotopic (exact) mass is 230 g/mol. The number of hydrogen-bond donors (Lipinski definition) is 2. The standard InChI is InChI=1S/C8H11BrN2O/c1-5-6(9)2-3-8(11-5)7(10)4-12/h2-3,7,12H,4,10H2,1H3/t7-/m0/s1. The zero-order chi connectivity index (χ0) is 9.14. The number of nitrogens with zero attached hydrogens (tertiary/aromatic N) is 1. The van der Waals surface area contributed by atoms with E-state index in [-0.39, 0.29) is 12.6 Å². The van der Waals surface area contributed by atoms with Gasteiger partial charge >= 0.3 is 0 Å². The van der Waals surface area contributed by atoms with E-state index in [0.29, 0.717) is 0 Å². The van der Waals surface area contributed by atoms with Gasteiger partial charge in [0.2, 0.25) is 0 Å². The van der Waals surface area contributed by atoms with Crippen LogP contribution in [0, 0.1) is 6.92 Å². The molecule has 0 unspecified atom stereocenters.